The number of aliphatic hydroxyl groups excluding tert-OH is 1. The average Bonchev–Trinajstić information content (AvgIpc) is 2.18. The van der Waals surface area contributed by atoms with Crippen molar-refractivity contribution in [3.63, 3.8) is 0 Å². The minimum Gasteiger partial charge on any atom is -0.390 e. The predicted octanol–water partition coefficient (Wildman–Crippen LogP) is 1.99. The molecule has 0 amide bonds. The molecule has 0 fully saturated rings. The Bertz CT molecular complexity index is 451. The molecule has 10 heteroatoms. The summed E-state index contributed by atoms with van der Waals surface area (Å²) in [6, 6.07) is 0.880. The normalized spacial score (nSPS) is 11.4. The maximum Gasteiger partial charge on any atom is 0.574 e. The second-order valence-electron chi connectivity index (χ2n) is 2.71. The Morgan fingerprint density at radius 1 is 1.59 bits per heavy atom. The highest BCUT2D eigenvalue weighted by Gasteiger charge is 2.34. The lowest BCUT2D eigenvalue weighted by Gasteiger charge is -2.10. The van der Waals surface area contributed by atoms with Gasteiger partial charge in [-0.15, -0.1) is 13.2 Å². The first-order valence-electron chi connectivity index (χ1n) is 3.95. The van der Waals surface area contributed by atoms with Crippen molar-refractivity contribution in [2.75, 3.05) is 0 Å². The van der Waals surface area contributed by atoms with E-state index in [1.807, 2.05) is 0 Å². The van der Waals surface area contributed by atoms with Gasteiger partial charge in [0.15, 0.2) is 3.57 Å². The third kappa shape index (κ3) is 3.66. The van der Waals surface area contributed by atoms with Crippen LogP contribution in [-0.4, -0.2) is 21.4 Å². The van der Waals surface area contributed by atoms with Gasteiger partial charge in [0.2, 0.25) is 5.88 Å². The Labute approximate surface area is 106 Å². The zero-order valence-electron chi connectivity index (χ0n) is 7.86. The molecule has 0 atom stereocenters. The molecule has 1 N–H and O–H groups in total. The maximum absolute atomic E-state index is 12.0. The molecule has 0 aliphatic heterocycles. The quantitative estimate of drug-likeness (QED) is 0.504. The maximum atomic E-state index is 12.0. The molecule has 1 rings (SSSR count). The van der Waals surface area contributed by atoms with Crippen LogP contribution in [0, 0.1) is 13.7 Å². The number of rotatable bonds is 3. The number of ether oxygens (including phenoxy) is 1. The van der Waals surface area contributed by atoms with Crippen molar-refractivity contribution in [1.82, 2.24) is 4.98 Å². The van der Waals surface area contributed by atoms with Crippen molar-refractivity contribution in [2.45, 2.75) is 13.0 Å². The fourth-order valence-electron chi connectivity index (χ4n) is 0.934. The lowest BCUT2D eigenvalue weighted by Crippen LogP contribution is -2.19. The molecule has 0 saturated heterocycles. The molecule has 0 unspecified atom stereocenters. The molecular formula is C7H4F3IN2O4. The largest absolute Gasteiger partial charge is 0.574 e. The van der Waals surface area contributed by atoms with Crippen LogP contribution in [0.5, 0.6) is 5.88 Å². The van der Waals surface area contributed by atoms with E-state index >= 15 is 0 Å². The summed E-state index contributed by atoms with van der Waals surface area (Å²) in [6.07, 6.45) is -5.01. The number of pyridine rings is 1. The van der Waals surface area contributed by atoms with E-state index in [0.717, 1.165) is 6.07 Å². The van der Waals surface area contributed by atoms with Crippen LogP contribution in [0.2, 0.25) is 0 Å². The van der Waals surface area contributed by atoms with Gasteiger partial charge in [0.25, 0.3) is 5.69 Å². The van der Waals surface area contributed by atoms with E-state index in [9.17, 15) is 23.3 Å². The van der Waals surface area contributed by atoms with Gasteiger partial charge in [-0.3, -0.25) is 10.1 Å². The van der Waals surface area contributed by atoms with E-state index in [1.165, 1.54) is 22.6 Å². The molecule has 0 spiro atoms. The molecule has 0 radical (unpaired) electrons. The van der Waals surface area contributed by atoms with Gasteiger partial charge in [0.05, 0.1) is 17.2 Å². The second-order valence-corrected chi connectivity index (χ2v) is 3.79. The average molecular weight is 364 g/mol. The number of alkyl halides is 3. The van der Waals surface area contributed by atoms with Crippen molar-refractivity contribution in [3.05, 3.63) is 25.4 Å². The fraction of sp³-hybridized carbons (Fsp3) is 0.286. The highest BCUT2D eigenvalue weighted by atomic mass is 127. The summed E-state index contributed by atoms with van der Waals surface area (Å²) in [7, 11) is 0. The number of hydrogen-bond donors (Lipinski definition) is 1. The Morgan fingerprint density at radius 2 is 2.18 bits per heavy atom. The van der Waals surface area contributed by atoms with Crippen LogP contribution in [0.4, 0.5) is 18.9 Å². The van der Waals surface area contributed by atoms with E-state index in [4.69, 9.17) is 5.11 Å². The molecule has 1 aromatic rings. The molecule has 6 nitrogen and oxygen atoms in total. The van der Waals surface area contributed by atoms with Crippen LogP contribution in [0.25, 0.3) is 0 Å². The first-order chi connectivity index (χ1) is 7.74. The third-order valence-electron chi connectivity index (χ3n) is 1.53. The monoisotopic (exact) mass is 364 g/mol. The minimum atomic E-state index is -5.01. The van der Waals surface area contributed by atoms with E-state index in [0.29, 0.717) is 0 Å². The Kier molecular flexibility index (Phi) is 4.08. The number of nitro groups is 1. The van der Waals surface area contributed by atoms with Crippen LogP contribution < -0.4 is 4.74 Å². The number of aromatic nitrogens is 1. The smallest absolute Gasteiger partial charge is 0.390 e. The SMILES string of the molecule is O=[N+]([O-])c1cc(CO)nc(OC(F)(F)F)c1I. The highest BCUT2D eigenvalue weighted by molar-refractivity contribution is 14.1. The van der Waals surface area contributed by atoms with Crippen molar-refractivity contribution in [2.24, 2.45) is 0 Å². The number of hydrogen-bond acceptors (Lipinski definition) is 5. The summed E-state index contributed by atoms with van der Waals surface area (Å²) < 4.78 is 39.1. The summed E-state index contributed by atoms with van der Waals surface area (Å²) in [4.78, 5) is 13.0. The van der Waals surface area contributed by atoms with Gasteiger partial charge in [0, 0.05) is 6.07 Å². The second kappa shape index (κ2) is 5.00. The highest BCUT2D eigenvalue weighted by Crippen LogP contribution is 2.32. The third-order valence-corrected chi connectivity index (χ3v) is 2.55. The van der Waals surface area contributed by atoms with Crippen molar-refractivity contribution < 1.29 is 27.9 Å². The van der Waals surface area contributed by atoms with Crippen molar-refractivity contribution in [1.29, 1.82) is 0 Å². The van der Waals surface area contributed by atoms with E-state index < -0.39 is 29.5 Å². The predicted molar refractivity (Wildman–Crippen MR) is 56.2 cm³/mol. The van der Waals surface area contributed by atoms with E-state index in [1.54, 1.807) is 0 Å². The van der Waals surface area contributed by atoms with Crippen molar-refractivity contribution >= 4 is 28.3 Å². The van der Waals surface area contributed by atoms with Crippen LogP contribution in [0.3, 0.4) is 0 Å². The lowest BCUT2D eigenvalue weighted by molar-refractivity contribution is -0.386. The first-order valence-corrected chi connectivity index (χ1v) is 5.03. The topological polar surface area (TPSA) is 85.5 Å². The van der Waals surface area contributed by atoms with Gasteiger partial charge < -0.3 is 9.84 Å². The molecule has 0 aliphatic rings. The van der Waals surface area contributed by atoms with Crippen LogP contribution >= 0.6 is 22.6 Å². The Morgan fingerprint density at radius 3 is 2.59 bits per heavy atom. The zero-order valence-corrected chi connectivity index (χ0v) is 10.0. The van der Waals surface area contributed by atoms with Crippen molar-refractivity contribution in [3.8, 4) is 5.88 Å². The summed E-state index contributed by atoms with van der Waals surface area (Å²) in [5, 5.41) is 19.3. The summed E-state index contributed by atoms with van der Waals surface area (Å²) in [6.45, 7) is -0.730. The summed E-state index contributed by atoms with van der Waals surface area (Å²) in [5.74, 6) is -0.948. The molecule has 94 valence electrons. The summed E-state index contributed by atoms with van der Waals surface area (Å²) >= 11 is 1.32. The molecule has 0 saturated carbocycles. The fourth-order valence-corrected chi connectivity index (χ4v) is 1.52. The molecule has 1 heterocycles. The lowest BCUT2D eigenvalue weighted by atomic mass is 10.3. The molecule has 1 aromatic heterocycles. The molecule has 17 heavy (non-hydrogen) atoms. The minimum absolute atomic E-state index is 0.281. The Hall–Kier alpha value is -1.17. The zero-order chi connectivity index (χ0) is 13.2. The molecular weight excluding hydrogens is 360 g/mol. The molecule has 0 bridgehead atoms. The van der Waals surface area contributed by atoms with Gasteiger partial charge in [-0.1, -0.05) is 0 Å². The molecule has 0 aromatic carbocycles. The van der Waals surface area contributed by atoms with Crippen LogP contribution in [0.15, 0.2) is 6.07 Å². The van der Waals surface area contributed by atoms with Gasteiger partial charge in [-0.25, -0.2) is 4.98 Å². The van der Waals surface area contributed by atoms with Gasteiger partial charge in [0.1, 0.15) is 0 Å². The van der Waals surface area contributed by atoms with Gasteiger partial charge in [-0.2, -0.15) is 0 Å². The van der Waals surface area contributed by atoms with Gasteiger partial charge in [-0.05, 0) is 22.6 Å². The number of nitrogens with zero attached hydrogens (tertiary/aromatic N) is 2. The molecule has 0 aliphatic carbocycles. The van der Waals surface area contributed by atoms with E-state index in [2.05, 4.69) is 9.72 Å². The Balaban J connectivity index is 3.29. The number of halogens is 4. The van der Waals surface area contributed by atoms with Crippen LogP contribution in [-0.2, 0) is 6.61 Å². The number of aliphatic hydroxyl groups is 1. The summed E-state index contributed by atoms with van der Waals surface area (Å²) in [5.41, 5.74) is -0.889. The van der Waals surface area contributed by atoms with Gasteiger partial charge >= 0.3 is 6.36 Å². The first kappa shape index (κ1) is 13.9. The van der Waals surface area contributed by atoms with Crippen LogP contribution in [0.1, 0.15) is 5.69 Å². The van der Waals surface area contributed by atoms with E-state index in [-0.39, 0.29) is 9.26 Å². The standard InChI is InChI=1S/C7H4F3IN2O4/c8-7(9,10)17-6-5(11)4(13(15)16)1-3(2-14)12-6/h1,14H,2H2.